The maximum absolute atomic E-state index is 12.4. The van der Waals surface area contributed by atoms with E-state index in [4.69, 9.17) is 0 Å². The molecule has 0 radical (unpaired) electrons. The van der Waals surface area contributed by atoms with Gasteiger partial charge in [0.05, 0.1) is 17.8 Å². The van der Waals surface area contributed by atoms with Crippen LogP contribution in [0.2, 0.25) is 0 Å². The second-order valence-corrected chi connectivity index (χ2v) is 6.47. The molecule has 0 aliphatic carbocycles. The number of hydrogen-bond donors (Lipinski definition) is 0. The van der Waals surface area contributed by atoms with E-state index in [-0.39, 0.29) is 11.8 Å². The molecule has 0 unspecified atom stereocenters. The Labute approximate surface area is 146 Å². The topological polar surface area (TPSA) is 56.8 Å². The molecule has 1 saturated heterocycles. The van der Waals surface area contributed by atoms with Gasteiger partial charge in [-0.2, -0.15) is 0 Å². The normalized spacial score (nSPS) is 18.6. The van der Waals surface area contributed by atoms with Crippen LogP contribution < -0.4 is 0 Å². The molecule has 0 bridgehead atoms. The van der Waals surface area contributed by atoms with Crippen molar-refractivity contribution in [1.29, 1.82) is 0 Å². The lowest BCUT2D eigenvalue weighted by Gasteiger charge is -2.36. The van der Waals surface area contributed by atoms with Crippen molar-refractivity contribution in [3.05, 3.63) is 65.5 Å². The highest BCUT2D eigenvalue weighted by molar-refractivity contribution is 6.21. The van der Waals surface area contributed by atoms with Crippen LogP contribution in [0.3, 0.4) is 0 Å². The lowest BCUT2D eigenvalue weighted by molar-refractivity contribution is 0.0447. The summed E-state index contributed by atoms with van der Waals surface area (Å²) in [6.45, 7) is 4.81. The first-order valence-electron chi connectivity index (χ1n) is 8.51. The number of rotatable bonds is 4. The van der Waals surface area contributed by atoms with Crippen LogP contribution >= 0.6 is 0 Å². The van der Waals surface area contributed by atoms with Gasteiger partial charge in [0.2, 0.25) is 0 Å². The summed E-state index contributed by atoms with van der Waals surface area (Å²) in [6, 6.07) is 11.1. The summed E-state index contributed by atoms with van der Waals surface area (Å²) >= 11 is 0. The number of carbonyl (C=O) groups is 2. The molecule has 1 fully saturated rings. The summed E-state index contributed by atoms with van der Waals surface area (Å²) in [7, 11) is 0. The van der Waals surface area contributed by atoms with Gasteiger partial charge < -0.3 is 0 Å². The first kappa shape index (κ1) is 15.9. The third-order valence-electron chi connectivity index (χ3n) is 4.84. The van der Waals surface area contributed by atoms with Crippen LogP contribution in [-0.2, 0) is 6.54 Å². The van der Waals surface area contributed by atoms with Crippen LogP contribution in [0.15, 0.2) is 48.8 Å². The van der Waals surface area contributed by atoms with Crippen molar-refractivity contribution in [3.63, 3.8) is 0 Å². The third-order valence-corrected chi connectivity index (χ3v) is 4.84. The monoisotopic (exact) mass is 336 g/mol. The Morgan fingerprint density at radius 2 is 1.36 bits per heavy atom. The number of imide groups is 1. The fraction of sp³-hybridized carbons (Fsp3) is 0.316. The molecule has 0 atom stereocenters. The second-order valence-electron chi connectivity index (χ2n) is 6.47. The molecular weight excluding hydrogens is 316 g/mol. The van der Waals surface area contributed by atoms with Crippen molar-refractivity contribution in [1.82, 2.24) is 19.7 Å². The number of piperazine rings is 1. The molecule has 6 nitrogen and oxygen atoms in total. The van der Waals surface area contributed by atoms with E-state index in [9.17, 15) is 9.59 Å². The van der Waals surface area contributed by atoms with Crippen molar-refractivity contribution >= 4 is 11.8 Å². The van der Waals surface area contributed by atoms with E-state index in [1.54, 1.807) is 24.3 Å². The molecule has 0 saturated carbocycles. The van der Waals surface area contributed by atoms with E-state index in [2.05, 4.69) is 14.8 Å². The number of pyridine rings is 1. The van der Waals surface area contributed by atoms with Crippen molar-refractivity contribution in [3.8, 4) is 0 Å². The highest BCUT2D eigenvalue weighted by Gasteiger charge is 2.36. The average molecular weight is 336 g/mol. The maximum atomic E-state index is 12.4. The van der Waals surface area contributed by atoms with Crippen molar-refractivity contribution in [2.75, 3.05) is 32.8 Å². The van der Waals surface area contributed by atoms with Crippen LogP contribution in [0.25, 0.3) is 0 Å². The van der Waals surface area contributed by atoms with E-state index in [0.29, 0.717) is 17.8 Å². The van der Waals surface area contributed by atoms with Crippen molar-refractivity contribution < 1.29 is 9.59 Å². The van der Waals surface area contributed by atoms with Crippen LogP contribution in [0.4, 0.5) is 0 Å². The minimum Gasteiger partial charge on any atom is -0.297 e. The molecule has 3 heterocycles. The Hall–Kier alpha value is -2.57. The Morgan fingerprint density at radius 1 is 0.800 bits per heavy atom. The SMILES string of the molecule is O=C1c2ccccc2C(=O)N1CN1CCN(Cc2ccncc2)CC1. The summed E-state index contributed by atoms with van der Waals surface area (Å²) in [5.41, 5.74) is 2.29. The molecule has 0 N–H and O–H groups in total. The minimum absolute atomic E-state index is 0.181. The standard InChI is InChI=1S/C19H20N4O2/c24-18-16-3-1-2-4-17(16)19(25)23(18)14-22-11-9-21(10-12-22)13-15-5-7-20-8-6-15/h1-8H,9-14H2. The zero-order valence-corrected chi connectivity index (χ0v) is 14.0. The molecule has 2 aliphatic rings. The van der Waals surface area contributed by atoms with E-state index < -0.39 is 0 Å². The minimum atomic E-state index is -0.181. The van der Waals surface area contributed by atoms with Crippen molar-refractivity contribution in [2.45, 2.75) is 6.54 Å². The maximum Gasteiger partial charge on any atom is 0.262 e. The van der Waals surface area contributed by atoms with Gasteiger partial charge in [0.25, 0.3) is 11.8 Å². The van der Waals surface area contributed by atoms with Gasteiger partial charge in [-0.15, -0.1) is 0 Å². The molecule has 1 aromatic heterocycles. The molecule has 6 heteroatoms. The summed E-state index contributed by atoms with van der Waals surface area (Å²) in [4.78, 5) is 34.9. The van der Waals surface area contributed by atoms with Gasteiger partial charge in [-0.05, 0) is 29.8 Å². The van der Waals surface area contributed by atoms with E-state index in [0.717, 1.165) is 32.7 Å². The van der Waals surface area contributed by atoms with Gasteiger partial charge in [-0.1, -0.05) is 12.1 Å². The van der Waals surface area contributed by atoms with Gasteiger partial charge in [0.15, 0.2) is 0 Å². The average Bonchev–Trinajstić information content (AvgIpc) is 2.89. The highest BCUT2D eigenvalue weighted by Crippen LogP contribution is 2.22. The number of hydrogen-bond acceptors (Lipinski definition) is 5. The predicted molar refractivity (Wildman–Crippen MR) is 92.9 cm³/mol. The van der Waals surface area contributed by atoms with Gasteiger partial charge in [-0.25, -0.2) is 0 Å². The molecule has 0 spiro atoms. The summed E-state index contributed by atoms with van der Waals surface area (Å²) in [6.07, 6.45) is 3.63. The second kappa shape index (κ2) is 6.74. The van der Waals surface area contributed by atoms with Crippen LogP contribution in [0.5, 0.6) is 0 Å². The quantitative estimate of drug-likeness (QED) is 0.791. The smallest absolute Gasteiger partial charge is 0.262 e. The predicted octanol–water partition coefficient (Wildman–Crippen LogP) is 1.45. The fourth-order valence-corrected chi connectivity index (χ4v) is 3.40. The number of benzene rings is 1. The van der Waals surface area contributed by atoms with Gasteiger partial charge in [-0.3, -0.25) is 29.3 Å². The molecule has 2 aromatic rings. The van der Waals surface area contributed by atoms with Gasteiger partial charge in [0.1, 0.15) is 0 Å². The number of nitrogens with zero attached hydrogens (tertiary/aromatic N) is 4. The Bertz CT molecular complexity index is 750. The lowest BCUT2D eigenvalue weighted by atomic mass is 10.1. The zero-order valence-electron chi connectivity index (χ0n) is 14.0. The Morgan fingerprint density at radius 3 is 1.96 bits per heavy atom. The highest BCUT2D eigenvalue weighted by atomic mass is 16.2. The number of fused-ring (bicyclic) bond motifs is 1. The van der Waals surface area contributed by atoms with Gasteiger partial charge in [0, 0.05) is 45.1 Å². The van der Waals surface area contributed by atoms with Crippen LogP contribution in [0, 0.1) is 0 Å². The Kier molecular flexibility index (Phi) is 4.29. The Balaban J connectivity index is 1.34. The van der Waals surface area contributed by atoms with E-state index in [1.807, 2.05) is 24.5 Å². The van der Waals surface area contributed by atoms with E-state index in [1.165, 1.54) is 10.5 Å². The molecule has 25 heavy (non-hydrogen) atoms. The van der Waals surface area contributed by atoms with Crippen LogP contribution in [0.1, 0.15) is 26.3 Å². The summed E-state index contributed by atoms with van der Waals surface area (Å²) in [5, 5.41) is 0. The third kappa shape index (κ3) is 3.18. The number of carbonyl (C=O) groups excluding carboxylic acids is 2. The number of aromatic nitrogens is 1. The van der Waals surface area contributed by atoms with Gasteiger partial charge >= 0.3 is 0 Å². The molecular formula is C19H20N4O2. The van der Waals surface area contributed by atoms with Crippen molar-refractivity contribution in [2.24, 2.45) is 0 Å². The molecule has 128 valence electrons. The van der Waals surface area contributed by atoms with E-state index >= 15 is 0 Å². The first-order chi connectivity index (χ1) is 12.2. The summed E-state index contributed by atoms with van der Waals surface area (Å²) < 4.78 is 0. The largest absolute Gasteiger partial charge is 0.297 e. The first-order valence-corrected chi connectivity index (χ1v) is 8.51. The van der Waals surface area contributed by atoms with Crippen LogP contribution in [-0.4, -0.2) is 64.3 Å². The molecule has 4 rings (SSSR count). The fourth-order valence-electron chi connectivity index (χ4n) is 3.40. The summed E-state index contributed by atoms with van der Waals surface area (Å²) in [5.74, 6) is -0.361. The zero-order chi connectivity index (χ0) is 17.2. The molecule has 1 aromatic carbocycles. The number of amides is 2. The lowest BCUT2D eigenvalue weighted by Crippen LogP contribution is -2.50. The molecule has 2 aliphatic heterocycles. The molecule has 2 amide bonds.